The number of aliphatic hydroxyl groups is 1. The molecule has 1 aliphatic heterocycles. The molecule has 1 fully saturated rings. The smallest absolute Gasteiger partial charge is 0.183 e. The molecule has 0 bridgehead atoms. The molecule has 0 radical (unpaired) electrons. The zero-order valence-electron chi connectivity index (χ0n) is 6.41. The fourth-order valence-corrected chi connectivity index (χ4v) is 0.888. The molecule has 0 saturated carbocycles. The van der Waals surface area contributed by atoms with Gasteiger partial charge in [-0.2, -0.15) is 0 Å². The molecule has 10 heavy (non-hydrogen) atoms. The molecule has 1 heterocycles. The standard InChI is InChI=1S/C7H14O3/c1-5(2)6(8)7-9-3-4-10-7/h5-8H,3-4H2,1-2H3/t6-/m0/s1. The van der Waals surface area contributed by atoms with Gasteiger partial charge in [-0.3, -0.25) is 0 Å². The summed E-state index contributed by atoms with van der Waals surface area (Å²) in [6, 6.07) is 0. The summed E-state index contributed by atoms with van der Waals surface area (Å²) in [5, 5.41) is 9.38. The van der Waals surface area contributed by atoms with Crippen LogP contribution in [0.25, 0.3) is 0 Å². The molecule has 0 aromatic carbocycles. The quantitative estimate of drug-likeness (QED) is 0.612. The van der Waals surface area contributed by atoms with Crippen molar-refractivity contribution in [2.45, 2.75) is 26.2 Å². The van der Waals surface area contributed by atoms with E-state index in [4.69, 9.17) is 9.47 Å². The molecule has 1 saturated heterocycles. The zero-order chi connectivity index (χ0) is 7.56. The molecule has 1 atom stereocenters. The molecule has 60 valence electrons. The maximum atomic E-state index is 9.38. The van der Waals surface area contributed by atoms with Gasteiger partial charge in [0.2, 0.25) is 0 Å². The molecule has 0 aromatic heterocycles. The Hall–Kier alpha value is -0.120. The first-order valence-corrected chi connectivity index (χ1v) is 3.63. The Morgan fingerprint density at radius 2 is 1.80 bits per heavy atom. The van der Waals surface area contributed by atoms with Crippen molar-refractivity contribution in [3.05, 3.63) is 0 Å². The van der Waals surface area contributed by atoms with Gasteiger partial charge in [0.15, 0.2) is 6.29 Å². The largest absolute Gasteiger partial charge is 0.388 e. The first-order chi connectivity index (χ1) is 4.72. The summed E-state index contributed by atoms with van der Waals surface area (Å²) < 4.78 is 10.2. The number of hydrogen-bond acceptors (Lipinski definition) is 3. The second kappa shape index (κ2) is 3.32. The Labute approximate surface area is 60.9 Å². The van der Waals surface area contributed by atoms with Crippen LogP contribution in [0.5, 0.6) is 0 Å². The van der Waals surface area contributed by atoms with E-state index in [2.05, 4.69) is 0 Å². The summed E-state index contributed by atoms with van der Waals surface area (Å²) in [6.07, 6.45) is -0.873. The lowest BCUT2D eigenvalue weighted by Crippen LogP contribution is -2.31. The number of aliphatic hydroxyl groups excluding tert-OH is 1. The lowest BCUT2D eigenvalue weighted by Gasteiger charge is -2.19. The number of hydrogen-bond donors (Lipinski definition) is 1. The third-order valence-electron chi connectivity index (χ3n) is 1.61. The number of ether oxygens (including phenoxy) is 2. The van der Waals surface area contributed by atoms with E-state index in [0.717, 1.165) is 0 Å². The topological polar surface area (TPSA) is 38.7 Å². The maximum absolute atomic E-state index is 9.38. The predicted octanol–water partition coefficient (Wildman–Crippen LogP) is 0.376. The third kappa shape index (κ3) is 1.68. The minimum atomic E-state index is -0.484. The van der Waals surface area contributed by atoms with E-state index in [0.29, 0.717) is 13.2 Å². The molecule has 3 heteroatoms. The summed E-state index contributed by atoms with van der Waals surface area (Å²) in [6.45, 7) is 5.09. The van der Waals surface area contributed by atoms with Crippen molar-refractivity contribution in [1.82, 2.24) is 0 Å². The van der Waals surface area contributed by atoms with Crippen LogP contribution in [0, 0.1) is 5.92 Å². The average Bonchev–Trinajstić information content (AvgIpc) is 2.36. The van der Waals surface area contributed by atoms with E-state index >= 15 is 0 Å². The van der Waals surface area contributed by atoms with Gasteiger partial charge in [-0.05, 0) is 5.92 Å². The van der Waals surface area contributed by atoms with Crippen molar-refractivity contribution in [1.29, 1.82) is 0 Å². The van der Waals surface area contributed by atoms with Gasteiger partial charge in [0.05, 0.1) is 13.2 Å². The summed E-state index contributed by atoms with van der Waals surface area (Å²) in [4.78, 5) is 0. The van der Waals surface area contributed by atoms with Crippen LogP contribution in [0.15, 0.2) is 0 Å². The minimum absolute atomic E-state index is 0.197. The lowest BCUT2D eigenvalue weighted by molar-refractivity contribution is -0.134. The van der Waals surface area contributed by atoms with Gasteiger partial charge >= 0.3 is 0 Å². The second-order valence-corrected chi connectivity index (χ2v) is 2.84. The summed E-state index contributed by atoms with van der Waals surface area (Å²) >= 11 is 0. The molecular formula is C7H14O3. The summed E-state index contributed by atoms with van der Waals surface area (Å²) in [5.41, 5.74) is 0. The van der Waals surface area contributed by atoms with E-state index in [1.54, 1.807) is 0 Å². The monoisotopic (exact) mass is 146 g/mol. The molecule has 0 spiro atoms. The van der Waals surface area contributed by atoms with Crippen LogP contribution in [-0.4, -0.2) is 30.7 Å². The molecule has 1 N–H and O–H groups in total. The van der Waals surface area contributed by atoms with E-state index in [-0.39, 0.29) is 12.2 Å². The summed E-state index contributed by atoms with van der Waals surface area (Å²) in [7, 11) is 0. The SMILES string of the molecule is CC(C)[C@H](O)C1OCCO1. The van der Waals surface area contributed by atoms with Crippen LogP contribution in [0.1, 0.15) is 13.8 Å². The maximum Gasteiger partial charge on any atom is 0.183 e. The Bertz CT molecular complexity index is 97.0. The lowest BCUT2D eigenvalue weighted by atomic mass is 10.1. The van der Waals surface area contributed by atoms with Gasteiger partial charge in [-0.15, -0.1) is 0 Å². The molecule has 1 aliphatic rings. The molecule has 0 amide bonds. The highest BCUT2D eigenvalue weighted by Crippen LogP contribution is 2.14. The van der Waals surface area contributed by atoms with Gasteiger partial charge in [-0.25, -0.2) is 0 Å². The van der Waals surface area contributed by atoms with Gasteiger partial charge < -0.3 is 14.6 Å². The van der Waals surface area contributed by atoms with E-state index in [9.17, 15) is 5.11 Å². The molecule has 0 aromatic rings. The molecule has 1 rings (SSSR count). The Balaban J connectivity index is 2.32. The first-order valence-electron chi connectivity index (χ1n) is 3.63. The molecule has 3 nitrogen and oxygen atoms in total. The van der Waals surface area contributed by atoms with Gasteiger partial charge in [-0.1, -0.05) is 13.8 Å². The van der Waals surface area contributed by atoms with E-state index in [1.807, 2.05) is 13.8 Å². The fraction of sp³-hybridized carbons (Fsp3) is 1.00. The van der Waals surface area contributed by atoms with Gasteiger partial charge in [0.1, 0.15) is 6.10 Å². The van der Waals surface area contributed by atoms with Crippen molar-refractivity contribution < 1.29 is 14.6 Å². The van der Waals surface area contributed by atoms with Crippen LogP contribution in [-0.2, 0) is 9.47 Å². The van der Waals surface area contributed by atoms with E-state index in [1.165, 1.54) is 0 Å². The predicted molar refractivity (Wildman–Crippen MR) is 36.5 cm³/mol. The molecular weight excluding hydrogens is 132 g/mol. The highest BCUT2D eigenvalue weighted by molar-refractivity contribution is 4.66. The molecule has 0 unspecified atom stereocenters. The zero-order valence-corrected chi connectivity index (χ0v) is 6.41. The molecule has 0 aliphatic carbocycles. The third-order valence-corrected chi connectivity index (χ3v) is 1.61. The fourth-order valence-electron chi connectivity index (χ4n) is 0.888. The van der Waals surface area contributed by atoms with E-state index < -0.39 is 6.10 Å². The van der Waals surface area contributed by atoms with Gasteiger partial charge in [0.25, 0.3) is 0 Å². The Morgan fingerprint density at radius 3 is 2.20 bits per heavy atom. The van der Waals surface area contributed by atoms with Crippen molar-refractivity contribution in [3.63, 3.8) is 0 Å². The van der Waals surface area contributed by atoms with Crippen LogP contribution in [0.3, 0.4) is 0 Å². The number of rotatable bonds is 2. The Kier molecular flexibility index (Phi) is 2.65. The highest BCUT2D eigenvalue weighted by atomic mass is 16.7. The van der Waals surface area contributed by atoms with Crippen molar-refractivity contribution in [3.8, 4) is 0 Å². The second-order valence-electron chi connectivity index (χ2n) is 2.84. The van der Waals surface area contributed by atoms with Crippen LogP contribution >= 0.6 is 0 Å². The van der Waals surface area contributed by atoms with Crippen LogP contribution in [0.2, 0.25) is 0 Å². The Morgan fingerprint density at radius 1 is 1.30 bits per heavy atom. The van der Waals surface area contributed by atoms with Crippen molar-refractivity contribution in [2.75, 3.05) is 13.2 Å². The highest BCUT2D eigenvalue weighted by Gasteiger charge is 2.26. The van der Waals surface area contributed by atoms with Crippen molar-refractivity contribution >= 4 is 0 Å². The first kappa shape index (κ1) is 7.98. The minimum Gasteiger partial charge on any atom is -0.388 e. The van der Waals surface area contributed by atoms with Gasteiger partial charge in [0, 0.05) is 0 Å². The normalized spacial score (nSPS) is 24.0. The van der Waals surface area contributed by atoms with Crippen LogP contribution < -0.4 is 0 Å². The average molecular weight is 146 g/mol. The summed E-state index contributed by atoms with van der Waals surface area (Å²) in [5.74, 6) is 0.197. The van der Waals surface area contributed by atoms with Crippen LogP contribution in [0.4, 0.5) is 0 Å². The van der Waals surface area contributed by atoms with Crippen molar-refractivity contribution in [2.24, 2.45) is 5.92 Å².